The highest BCUT2D eigenvalue weighted by Gasteiger charge is 2.17. The van der Waals surface area contributed by atoms with Gasteiger partial charge in [-0.25, -0.2) is 4.39 Å². The Balaban J connectivity index is 2.19. The lowest BCUT2D eigenvalue weighted by atomic mass is 10.1. The molecule has 4 nitrogen and oxygen atoms in total. The maximum absolute atomic E-state index is 13.4. The zero-order chi connectivity index (χ0) is 19.3. The lowest BCUT2D eigenvalue weighted by Gasteiger charge is -2.20. The SMILES string of the molecule is CCOc1cc(CN(C)C(=O)c2cc(F)ccc2C)ccc1OC(F)F. The third-order valence-electron chi connectivity index (χ3n) is 3.72. The molecule has 0 aliphatic heterocycles. The van der Waals surface area contributed by atoms with Crippen LogP contribution in [0.25, 0.3) is 0 Å². The highest BCUT2D eigenvalue weighted by atomic mass is 19.3. The molecule has 0 radical (unpaired) electrons. The molecule has 2 aromatic carbocycles. The van der Waals surface area contributed by atoms with Crippen LogP contribution in [0.5, 0.6) is 11.5 Å². The van der Waals surface area contributed by atoms with Gasteiger partial charge in [0.15, 0.2) is 11.5 Å². The first-order valence-electron chi connectivity index (χ1n) is 8.04. The molecular weight excluding hydrogens is 347 g/mol. The fourth-order valence-corrected chi connectivity index (χ4v) is 2.49. The Morgan fingerprint density at radius 3 is 2.54 bits per heavy atom. The van der Waals surface area contributed by atoms with E-state index in [0.29, 0.717) is 11.1 Å². The van der Waals surface area contributed by atoms with E-state index in [-0.39, 0.29) is 36.1 Å². The molecule has 0 aliphatic rings. The second kappa shape index (κ2) is 8.60. The second-order valence-electron chi connectivity index (χ2n) is 5.71. The lowest BCUT2D eigenvalue weighted by molar-refractivity contribution is -0.0514. The quantitative estimate of drug-likeness (QED) is 0.728. The van der Waals surface area contributed by atoms with Gasteiger partial charge in [0.2, 0.25) is 0 Å². The molecule has 2 aromatic rings. The Kier molecular flexibility index (Phi) is 6.49. The second-order valence-corrected chi connectivity index (χ2v) is 5.71. The van der Waals surface area contributed by atoms with Gasteiger partial charge in [0, 0.05) is 19.2 Å². The Labute approximate surface area is 150 Å². The number of benzene rings is 2. The smallest absolute Gasteiger partial charge is 0.387 e. The molecule has 0 aliphatic carbocycles. The standard InChI is InChI=1S/C19H20F3NO3/c1-4-25-17-9-13(6-8-16(17)26-19(21)22)11-23(3)18(24)15-10-14(20)7-5-12(15)2/h5-10,19H,4,11H2,1-3H3. The number of carbonyl (C=O) groups is 1. The number of halogens is 3. The van der Waals surface area contributed by atoms with Crippen molar-refractivity contribution >= 4 is 5.91 Å². The van der Waals surface area contributed by atoms with Gasteiger partial charge >= 0.3 is 6.61 Å². The molecule has 0 saturated heterocycles. The summed E-state index contributed by atoms with van der Waals surface area (Å²) in [5.74, 6) is -0.721. The van der Waals surface area contributed by atoms with E-state index in [1.165, 1.54) is 23.1 Å². The minimum atomic E-state index is -2.96. The average Bonchev–Trinajstić information content (AvgIpc) is 2.58. The zero-order valence-corrected chi connectivity index (χ0v) is 14.8. The number of alkyl halides is 2. The first-order valence-corrected chi connectivity index (χ1v) is 8.04. The molecule has 1 amide bonds. The molecule has 26 heavy (non-hydrogen) atoms. The molecular formula is C19H20F3NO3. The minimum Gasteiger partial charge on any atom is -0.490 e. The summed E-state index contributed by atoms with van der Waals surface area (Å²) in [4.78, 5) is 14.0. The number of ether oxygens (including phenoxy) is 2. The Morgan fingerprint density at radius 2 is 1.88 bits per heavy atom. The van der Waals surface area contributed by atoms with Crippen molar-refractivity contribution in [2.45, 2.75) is 27.0 Å². The van der Waals surface area contributed by atoms with Crippen LogP contribution in [-0.4, -0.2) is 31.1 Å². The summed E-state index contributed by atoms with van der Waals surface area (Å²) >= 11 is 0. The summed E-state index contributed by atoms with van der Waals surface area (Å²) in [6.45, 7) is 0.968. The van der Waals surface area contributed by atoms with Gasteiger partial charge in [0.25, 0.3) is 5.91 Å². The first kappa shape index (κ1) is 19.6. The average molecular weight is 367 g/mol. The number of nitrogens with zero attached hydrogens (tertiary/aromatic N) is 1. The highest BCUT2D eigenvalue weighted by Crippen LogP contribution is 2.30. The number of rotatable bonds is 7. The van der Waals surface area contributed by atoms with Crippen molar-refractivity contribution in [2.75, 3.05) is 13.7 Å². The topological polar surface area (TPSA) is 38.8 Å². The highest BCUT2D eigenvalue weighted by molar-refractivity contribution is 5.95. The minimum absolute atomic E-state index is 0.0689. The fraction of sp³-hybridized carbons (Fsp3) is 0.316. The van der Waals surface area contributed by atoms with Gasteiger partial charge in [-0.15, -0.1) is 0 Å². The van der Waals surface area contributed by atoms with E-state index in [4.69, 9.17) is 4.74 Å². The van der Waals surface area contributed by atoms with Gasteiger partial charge in [-0.05, 0) is 49.2 Å². The molecule has 0 spiro atoms. The number of aryl methyl sites for hydroxylation is 1. The van der Waals surface area contributed by atoms with Crippen LogP contribution in [0.3, 0.4) is 0 Å². The van der Waals surface area contributed by atoms with E-state index in [1.807, 2.05) is 0 Å². The molecule has 0 bridgehead atoms. The van der Waals surface area contributed by atoms with Crippen molar-refractivity contribution in [3.05, 3.63) is 58.9 Å². The fourth-order valence-electron chi connectivity index (χ4n) is 2.49. The van der Waals surface area contributed by atoms with Gasteiger partial charge in [-0.1, -0.05) is 12.1 Å². The molecule has 0 unspecified atom stereocenters. The maximum Gasteiger partial charge on any atom is 0.387 e. The molecule has 0 saturated carbocycles. The van der Waals surface area contributed by atoms with Crippen molar-refractivity contribution in [1.82, 2.24) is 4.90 Å². The third-order valence-corrected chi connectivity index (χ3v) is 3.72. The molecule has 0 aromatic heterocycles. The maximum atomic E-state index is 13.4. The van der Waals surface area contributed by atoms with Crippen LogP contribution >= 0.6 is 0 Å². The van der Waals surface area contributed by atoms with Gasteiger partial charge in [-0.3, -0.25) is 4.79 Å². The monoisotopic (exact) mass is 367 g/mol. The number of carbonyl (C=O) groups excluding carboxylic acids is 1. The molecule has 0 heterocycles. The summed E-state index contributed by atoms with van der Waals surface area (Å²) in [7, 11) is 1.58. The van der Waals surface area contributed by atoms with Crippen LogP contribution in [0.4, 0.5) is 13.2 Å². The van der Waals surface area contributed by atoms with Crippen molar-refractivity contribution in [1.29, 1.82) is 0 Å². The summed E-state index contributed by atoms with van der Waals surface area (Å²) < 4.78 is 48.1. The Hall–Kier alpha value is -2.70. The van der Waals surface area contributed by atoms with Crippen molar-refractivity contribution in [2.24, 2.45) is 0 Å². The number of hydrogen-bond donors (Lipinski definition) is 0. The molecule has 2 rings (SSSR count). The summed E-state index contributed by atoms with van der Waals surface area (Å²) in [6.07, 6.45) is 0. The Morgan fingerprint density at radius 1 is 1.15 bits per heavy atom. The van der Waals surface area contributed by atoms with E-state index in [0.717, 1.165) is 0 Å². The molecule has 0 N–H and O–H groups in total. The largest absolute Gasteiger partial charge is 0.490 e. The van der Waals surface area contributed by atoms with Crippen molar-refractivity contribution in [3.63, 3.8) is 0 Å². The van der Waals surface area contributed by atoms with Crippen LogP contribution in [0.2, 0.25) is 0 Å². The summed E-state index contributed by atoms with van der Waals surface area (Å²) in [6, 6.07) is 8.52. The summed E-state index contributed by atoms with van der Waals surface area (Å²) in [5, 5.41) is 0. The van der Waals surface area contributed by atoms with Crippen LogP contribution in [-0.2, 0) is 6.54 Å². The van der Waals surface area contributed by atoms with E-state index in [2.05, 4.69) is 4.74 Å². The van der Waals surface area contributed by atoms with Crippen LogP contribution in [0, 0.1) is 12.7 Å². The number of hydrogen-bond acceptors (Lipinski definition) is 3. The lowest BCUT2D eigenvalue weighted by Crippen LogP contribution is -2.27. The first-order chi connectivity index (χ1) is 12.3. The predicted molar refractivity (Wildman–Crippen MR) is 91.2 cm³/mol. The molecule has 0 atom stereocenters. The van der Waals surface area contributed by atoms with Crippen LogP contribution in [0.15, 0.2) is 36.4 Å². The van der Waals surface area contributed by atoms with E-state index < -0.39 is 12.4 Å². The van der Waals surface area contributed by atoms with E-state index in [1.54, 1.807) is 39.1 Å². The zero-order valence-electron chi connectivity index (χ0n) is 14.8. The van der Waals surface area contributed by atoms with Gasteiger partial charge in [-0.2, -0.15) is 8.78 Å². The normalized spacial score (nSPS) is 10.7. The van der Waals surface area contributed by atoms with E-state index in [9.17, 15) is 18.0 Å². The summed E-state index contributed by atoms with van der Waals surface area (Å²) in [5.41, 5.74) is 1.61. The van der Waals surface area contributed by atoms with E-state index >= 15 is 0 Å². The molecule has 0 fully saturated rings. The Bertz CT molecular complexity index is 781. The van der Waals surface area contributed by atoms with Crippen LogP contribution < -0.4 is 9.47 Å². The molecule has 7 heteroatoms. The van der Waals surface area contributed by atoms with Gasteiger partial charge in [0.05, 0.1) is 6.61 Å². The van der Waals surface area contributed by atoms with Gasteiger partial charge < -0.3 is 14.4 Å². The number of amides is 1. The third kappa shape index (κ3) is 4.91. The predicted octanol–water partition coefficient (Wildman–Crippen LogP) is 4.41. The van der Waals surface area contributed by atoms with Crippen molar-refractivity contribution < 1.29 is 27.4 Å². The van der Waals surface area contributed by atoms with Gasteiger partial charge in [0.1, 0.15) is 5.82 Å². The van der Waals surface area contributed by atoms with Crippen molar-refractivity contribution in [3.8, 4) is 11.5 Å². The van der Waals surface area contributed by atoms with Crippen LogP contribution in [0.1, 0.15) is 28.4 Å². The molecule has 140 valence electrons.